The van der Waals surface area contributed by atoms with Gasteiger partial charge in [0, 0.05) is 11.6 Å². The van der Waals surface area contributed by atoms with E-state index in [1.165, 1.54) is 30.0 Å². The summed E-state index contributed by atoms with van der Waals surface area (Å²) in [6.45, 7) is 0. The molecule has 25 heavy (non-hydrogen) atoms. The number of benzene rings is 1. The standard InChI is InChI=1S/C14H11F3N6OS/c15-14(16,17)8-3-1-7(2-4-8)12-22-11(24-23-12)6-25-13-20-9(18)5-10(19)21-13/h1-5H,6H2,(H4,18,19,20,21). The second kappa shape index (κ2) is 6.59. The van der Waals surface area contributed by atoms with Gasteiger partial charge in [-0.1, -0.05) is 29.1 Å². The van der Waals surface area contributed by atoms with Gasteiger partial charge >= 0.3 is 6.18 Å². The maximum Gasteiger partial charge on any atom is 0.416 e. The molecule has 4 N–H and O–H groups in total. The Morgan fingerprint density at radius 3 is 2.24 bits per heavy atom. The zero-order valence-electron chi connectivity index (χ0n) is 12.5. The molecule has 0 atom stereocenters. The minimum Gasteiger partial charge on any atom is -0.383 e. The molecule has 0 bridgehead atoms. The quantitative estimate of drug-likeness (QED) is 0.533. The van der Waals surface area contributed by atoms with Gasteiger partial charge < -0.3 is 16.0 Å². The molecular weight excluding hydrogens is 357 g/mol. The molecule has 0 unspecified atom stereocenters. The molecule has 0 saturated carbocycles. The molecule has 2 heterocycles. The zero-order chi connectivity index (χ0) is 18.0. The molecule has 0 amide bonds. The maximum absolute atomic E-state index is 12.6. The van der Waals surface area contributed by atoms with Crippen molar-refractivity contribution in [3.63, 3.8) is 0 Å². The summed E-state index contributed by atoms with van der Waals surface area (Å²) < 4.78 is 42.8. The third-order valence-electron chi connectivity index (χ3n) is 3.01. The minimum atomic E-state index is -4.39. The fourth-order valence-electron chi connectivity index (χ4n) is 1.89. The number of rotatable bonds is 4. The lowest BCUT2D eigenvalue weighted by Gasteiger charge is -2.05. The molecule has 2 aromatic heterocycles. The zero-order valence-corrected chi connectivity index (χ0v) is 13.3. The summed E-state index contributed by atoms with van der Waals surface area (Å²) in [5.74, 6) is 1.20. The van der Waals surface area contributed by atoms with Crippen molar-refractivity contribution in [3.8, 4) is 11.4 Å². The van der Waals surface area contributed by atoms with E-state index in [0.717, 1.165) is 12.1 Å². The Morgan fingerprint density at radius 1 is 1.00 bits per heavy atom. The van der Waals surface area contributed by atoms with Crippen molar-refractivity contribution in [1.82, 2.24) is 20.1 Å². The largest absolute Gasteiger partial charge is 0.416 e. The number of nitrogens with two attached hydrogens (primary N) is 2. The van der Waals surface area contributed by atoms with Crippen LogP contribution < -0.4 is 11.5 Å². The van der Waals surface area contributed by atoms with Crippen LogP contribution in [0.25, 0.3) is 11.4 Å². The summed E-state index contributed by atoms with van der Waals surface area (Å²) in [6, 6.07) is 5.92. The molecule has 0 aliphatic carbocycles. The lowest BCUT2D eigenvalue weighted by molar-refractivity contribution is -0.137. The smallest absolute Gasteiger partial charge is 0.383 e. The van der Waals surface area contributed by atoms with Crippen LogP contribution in [0.2, 0.25) is 0 Å². The Kier molecular flexibility index (Phi) is 4.49. The predicted octanol–water partition coefficient (Wildman–Crippen LogP) is 3.00. The number of nitrogen functional groups attached to an aromatic ring is 2. The van der Waals surface area contributed by atoms with E-state index in [4.69, 9.17) is 16.0 Å². The lowest BCUT2D eigenvalue weighted by Crippen LogP contribution is -2.04. The number of thioether (sulfide) groups is 1. The monoisotopic (exact) mass is 368 g/mol. The number of aromatic nitrogens is 4. The predicted molar refractivity (Wildman–Crippen MR) is 85.2 cm³/mol. The van der Waals surface area contributed by atoms with Gasteiger partial charge in [0.1, 0.15) is 11.6 Å². The Bertz CT molecular complexity index is 861. The second-order valence-electron chi connectivity index (χ2n) is 4.88. The molecule has 0 saturated heterocycles. The Hall–Kier alpha value is -2.82. The third kappa shape index (κ3) is 4.18. The van der Waals surface area contributed by atoms with E-state index in [-0.39, 0.29) is 29.1 Å². The lowest BCUT2D eigenvalue weighted by atomic mass is 10.1. The summed E-state index contributed by atoms with van der Waals surface area (Å²) in [4.78, 5) is 12.1. The van der Waals surface area contributed by atoms with Crippen LogP contribution in [0.4, 0.5) is 24.8 Å². The van der Waals surface area contributed by atoms with E-state index < -0.39 is 11.7 Å². The van der Waals surface area contributed by atoms with Gasteiger partial charge in [-0.3, -0.25) is 0 Å². The van der Waals surface area contributed by atoms with Gasteiger partial charge in [-0.15, -0.1) is 0 Å². The van der Waals surface area contributed by atoms with Crippen LogP contribution in [0.15, 0.2) is 40.0 Å². The molecule has 3 rings (SSSR count). The summed E-state index contributed by atoms with van der Waals surface area (Å²) in [6.07, 6.45) is -4.39. The molecule has 0 radical (unpaired) electrons. The topological polar surface area (TPSA) is 117 Å². The maximum atomic E-state index is 12.6. The van der Waals surface area contributed by atoms with Crippen LogP contribution >= 0.6 is 11.8 Å². The van der Waals surface area contributed by atoms with E-state index >= 15 is 0 Å². The Labute approximate surface area is 143 Å². The van der Waals surface area contributed by atoms with Crippen molar-refractivity contribution in [2.45, 2.75) is 17.1 Å². The van der Waals surface area contributed by atoms with Crippen molar-refractivity contribution in [1.29, 1.82) is 0 Å². The van der Waals surface area contributed by atoms with Gasteiger partial charge in [0.05, 0.1) is 11.3 Å². The fraction of sp³-hybridized carbons (Fsp3) is 0.143. The van der Waals surface area contributed by atoms with E-state index in [2.05, 4.69) is 20.1 Å². The molecular formula is C14H11F3N6OS. The van der Waals surface area contributed by atoms with Crippen LogP contribution in [0.5, 0.6) is 0 Å². The van der Waals surface area contributed by atoms with Crippen LogP contribution in [-0.2, 0) is 11.9 Å². The van der Waals surface area contributed by atoms with Crippen molar-refractivity contribution < 1.29 is 17.7 Å². The van der Waals surface area contributed by atoms with E-state index in [1.807, 2.05) is 0 Å². The van der Waals surface area contributed by atoms with Crippen LogP contribution in [0.1, 0.15) is 11.5 Å². The fourth-order valence-corrected chi connectivity index (χ4v) is 2.60. The number of anilines is 2. The Morgan fingerprint density at radius 2 is 1.64 bits per heavy atom. The normalized spacial score (nSPS) is 11.6. The highest BCUT2D eigenvalue weighted by Gasteiger charge is 2.30. The first-order valence-corrected chi connectivity index (χ1v) is 7.83. The van der Waals surface area contributed by atoms with Crippen molar-refractivity contribution >= 4 is 23.4 Å². The molecule has 1 aromatic carbocycles. The number of alkyl halides is 3. The van der Waals surface area contributed by atoms with E-state index in [1.54, 1.807) is 0 Å². The van der Waals surface area contributed by atoms with Gasteiger partial charge in [0.25, 0.3) is 0 Å². The number of hydrogen-bond donors (Lipinski definition) is 2. The summed E-state index contributed by atoms with van der Waals surface area (Å²) >= 11 is 1.19. The summed E-state index contributed by atoms with van der Waals surface area (Å²) in [7, 11) is 0. The number of hydrogen-bond acceptors (Lipinski definition) is 8. The SMILES string of the molecule is Nc1cc(N)nc(SCc2nc(-c3ccc(C(F)(F)F)cc3)no2)n1. The first kappa shape index (κ1) is 17.0. The molecule has 0 spiro atoms. The van der Waals surface area contributed by atoms with Crippen molar-refractivity contribution in [2.24, 2.45) is 0 Å². The van der Waals surface area contributed by atoms with Crippen LogP contribution in [-0.4, -0.2) is 20.1 Å². The minimum absolute atomic E-state index is 0.192. The van der Waals surface area contributed by atoms with Gasteiger partial charge in [-0.2, -0.15) is 18.2 Å². The average molecular weight is 368 g/mol. The highest BCUT2D eigenvalue weighted by molar-refractivity contribution is 7.98. The number of nitrogens with zero attached hydrogens (tertiary/aromatic N) is 4. The summed E-state index contributed by atoms with van der Waals surface area (Å²) in [5.41, 5.74) is 10.8. The van der Waals surface area contributed by atoms with Crippen molar-refractivity contribution in [3.05, 3.63) is 41.8 Å². The third-order valence-corrected chi connectivity index (χ3v) is 3.84. The highest BCUT2D eigenvalue weighted by Crippen LogP contribution is 2.30. The average Bonchev–Trinajstić information content (AvgIpc) is 3.00. The van der Waals surface area contributed by atoms with E-state index in [0.29, 0.717) is 10.7 Å². The van der Waals surface area contributed by atoms with E-state index in [9.17, 15) is 13.2 Å². The first-order valence-electron chi connectivity index (χ1n) is 6.84. The summed E-state index contributed by atoms with van der Waals surface area (Å²) in [5, 5.41) is 4.11. The number of halogens is 3. The molecule has 0 aliphatic heterocycles. The van der Waals surface area contributed by atoms with Crippen molar-refractivity contribution in [2.75, 3.05) is 11.5 Å². The van der Waals surface area contributed by atoms with Gasteiger partial charge in [0.2, 0.25) is 11.7 Å². The molecule has 130 valence electrons. The van der Waals surface area contributed by atoms with Gasteiger partial charge in [-0.25, -0.2) is 9.97 Å². The van der Waals surface area contributed by atoms with Crippen LogP contribution in [0.3, 0.4) is 0 Å². The molecule has 0 fully saturated rings. The molecule has 11 heteroatoms. The first-order chi connectivity index (χ1) is 11.8. The van der Waals surface area contributed by atoms with Crippen LogP contribution in [0, 0.1) is 0 Å². The Balaban J connectivity index is 1.70. The van der Waals surface area contributed by atoms with Gasteiger partial charge in [0.15, 0.2) is 5.16 Å². The highest BCUT2D eigenvalue weighted by atomic mass is 32.2. The molecule has 0 aliphatic rings. The van der Waals surface area contributed by atoms with Gasteiger partial charge in [-0.05, 0) is 12.1 Å². The molecule has 7 nitrogen and oxygen atoms in total. The second-order valence-corrected chi connectivity index (χ2v) is 5.82. The molecule has 3 aromatic rings.